The van der Waals surface area contributed by atoms with E-state index in [1.54, 1.807) is 18.5 Å². The van der Waals surface area contributed by atoms with Crippen molar-refractivity contribution in [1.82, 2.24) is 9.55 Å². The molecule has 4 rings (SSSR count). The number of hydrogen-bond acceptors (Lipinski definition) is 4. The van der Waals surface area contributed by atoms with Crippen LogP contribution in [0.1, 0.15) is 43.1 Å². The molecule has 24 heavy (non-hydrogen) atoms. The van der Waals surface area contributed by atoms with Gasteiger partial charge in [-0.05, 0) is 44.0 Å². The Morgan fingerprint density at radius 2 is 1.92 bits per heavy atom. The number of fused-ring (bicyclic) bond motifs is 2. The van der Waals surface area contributed by atoms with Gasteiger partial charge < -0.3 is 9.67 Å². The normalized spacial score (nSPS) is 19.0. The number of rotatable bonds is 2. The first kappa shape index (κ1) is 14.9. The van der Waals surface area contributed by atoms with Crippen molar-refractivity contribution in [2.24, 2.45) is 0 Å². The summed E-state index contributed by atoms with van der Waals surface area (Å²) in [6.45, 7) is 1.34. The van der Waals surface area contributed by atoms with Gasteiger partial charge in [-0.2, -0.15) is 0 Å². The van der Waals surface area contributed by atoms with Gasteiger partial charge in [0.2, 0.25) is 5.78 Å². The van der Waals surface area contributed by atoms with Crippen LogP contribution in [-0.4, -0.2) is 26.2 Å². The molecular weight excluding hydrogens is 304 g/mol. The monoisotopic (exact) mass is 322 g/mol. The number of ketones is 2. The minimum absolute atomic E-state index is 0.0553. The molecule has 0 aromatic carbocycles. The Morgan fingerprint density at radius 1 is 1.21 bits per heavy atom. The van der Waals surface area contributed by atoms with Crippen molar-refractivity contribution >= 4 is 11.6 Å². The van der Waals surface area contributed by atoms with Crippen molar-refractivity contribution in [3.8, 4) is 11.3 Å². The summed E-state index contributed by atoms with van der Waals surface area (Å²) in [5, 5.41) is 10.9. The number of allylic oxidation sites excluding steroid dienone is 2. The lowest BCUT2D eigenvalue weighted by atomic mass is 9.84. The Labute approximate surface area is 139 Å². The van der Waals surface area contributed by atoms with Crippen molar-refractivity contribution in [3.63, 3.8) is 0 Å². The fraction of sp³-hybridized carbons (Fsp3) is 0.316. The van der Waals surface area contributed by atoms with Gasteiger partial charge >= 0.3 is 0 Å². The molecule has 2 aromatic rings. The highest BCUT2D eigenvalue weighted by Crippen LogP contribution is 2.49. The van der Waals surface area contributed by atoms with Gasteiger partial charge in [-0.1, -0.05) is 12.8 Å². The maximum absolute atomic E-state index is 12.8. The van der Waals surface area contributed by atoms with Gasteiger partial charge in [-0.3, -0.25) is 14.6 Å². The molecule has 1 aliphatic heterocycles. The Morgan fingerprint density at radius 3 is 2.54 bits per heavy atom. The molecule has 1 saturated carbocycles. The molecule has 5 nitrogen and oxygen atoms in total. The van der Waals surface area contributed by atoms with Crippen LogP contribution in [0, 0.1) is 0 Å². The fourth-order valence-electron chi connectivity index (χ4n) is 4.14. The highest BCUT2D eigenvalue weighted by molar-refractivity contribution is 6.26. The lowest BCUT2D eigenvalue weighted by Crippen LogP contribution is -2.42. The van der Waals surface area contributed by atoms with E-state index >= 15 is 0 Å². The summed E-state index contributed by atoms with van der Waals surface area (Å²) in [6.07, 6.45) is 6.79. The average Bonchev–Trinajstić information content (AvgIpc) is 3.22. The van der Waals surface area contributed by atoms with Crippen molar-refractivity contribution in [2.45, 2.75) is 38.1 Å². The van der Waals surface area contributed by atoms with Gasteiger partial charge in [0.1, 0.15) is 16.9 Å². The first-order valence-corrected chi connectivity index (χ1v) is 8.18. The summed E-state index contributed by atoms with van der Waals surface area (Å²) < 4.78 is 1.93. The number of carbonyl (C=O) groups excluding carboxylic acids is 2. The maximum atomic E-state index is 12.8. The number of aliphatic hydroxyl groups is 1. The molecule has 0 amide bonds. The topological polar surface area (TPSA) is 72.2 Å². The Hall–Kier alpha value is -2.69. The molecule has 1 fully saturated rings. The lowest BCUT2D eigenvalue weighted by Gasteiger charge is -2.38. The van der Waals surface area contributed by atoms with Crippen molar-refractivity contribution in [3.05, 3.63) is 53.7 Å². The lowest BCUT2D eigenvalue weighted by molar-refractivity contribution is -0.113. The predicted molar refractivity (Wildman–Crippen MR) is 88.8 cm³/mol. The predicted octanol–water partition coefficient (Wildman–Crippen LogP) is 3.42. The average molecular weight is 322 g/mol. The zero-order valence-electron chi connectivity index (χ0n) is 13.5. The van der Waals surface area contributed by atoms with E-state index < -0.39 is 11.3 Å². The third kappa shape index (κ3) is 1.84. The summed E-state index contributed by atoms with van der Waals surface area (Å²) in [4.78, 5) is 28.9. The van der Waals surface area contributed by atoms with Crippen LogP contribution < -0.4 is 0 Å². The number of nitrogens with zero attached hydrogens (tertiary/aromatic N) is 2. The molecule has 0 radical (unpaired) electrons. The van der Waals surface area contributed by atoms with E-state index in [0.717, 1.165) is 36.9 Å². The number of aliphatic hydroxyl groups excluding tert-OH is 1. The van der Waals surface area contributed by atoms with Crippen LogP contribution in [0.25, 0.3) is 11.3 Å². The van der Waals surface area contributed by atoms with Crippen LogP contribution in [-0.2, 0) is 10.3 Å². The molecule has 1 spiro atoms. The quantitative estimate of drug-likeness (QED) is 0.860. The van der Waals surface area contributed by atoms with E-state index in [4.69, 9.17) is 0 Å². The number of aromatic nitrogens is 2. The Kier molecular flexibility index (Phi) is 3.20. The maximum Gasteiger partial charge on any atom is 0.216 e. The van der Waals surface area contributed by atoms with E-state index in [1.807, 2.05) is 22.8 Å². The standard InChI is InChI=1S/C19H18N2O3/c1-12(22)16-17(23)15-7-6-14(13-5-4-10-20-11-13)21(15)19(18(16)24)8-2-3-9-19/h4-7,10-11,24H,2-3,8-9H2,1H3. The molecule has 2 aromatic heterocycles. The van der Waals surface area contributed by atoms with Gasteiger partial charge in [0.05, 0.1) is 11.4 Å². The zero-order chi connectivity index (χ0) is 16.9. The third-order valence-corrected chi connectivity index (χ3v) is 5.19. The minimum Gasteiger partial charge on any atom is -0.509 e. The molecule has 122 valence electrons. The number of Topliss-reactive ketones (excluding diaryl/α,β-unsaturated/α-hetero) is 2. The summed E-state index contributed by atoms with van der Waals surface area (Å²) in [7, 11) is 0. The molecule has 0 unspecified atom stereocenters. The van der Waals surface area contributed by atoms with Crippen molar-refractivity contribution in [1.29, 1.82) is 0 Å². The van der Waals surface area contributed by atoms with E-state index in [0.29, 0.717) is 5.69 Å². The Balaban J connectivity index is 2.02. The SMILES string of the molecule is CC(=O)C1=C(O)C2(CCCC2)n2c(ccc2-c2cccnc2)C1=O. The van der Waals surface area contributed by atoms with Crippen LogP contribution in [0.4, 0.5) is 0 Å². The summed E-state index contributed by atoms with van der Waals surface area (Å²) in [5.74, 6) is -0.835. The number of hydrogen-bond donors (Lipinski definition) is 1. The number of pyridine rings is 1. The van der Waals surface area contributed by atoms with E-state index in [2.05, 4.69) is 4.98 Å². The van der Waals surface area contributed by atoms with Gasteiger partial charge in [0, 0.05) is 18.0 Å². The zero-order valence-corrected chi connectivity index (χ0v) is 13.5. The number of carbonyl (C=O) groups is 2. The first-order chi connectivity index (χ1) is 11.6. The second-order valence-electron chi connectivity index (χ2n) is 6.53. The minimum atomic E-state index is -0.696. The second kappa shape index (κ2) is 5.16. The molecule has 1 aliphatic carbocycles. The summed E-state index contributed by atoms with van der Waals surface area (Å²) in [5.41, 5.74) is 1.46. The van der Waals surface area contributed by atoms with Crippen LogP contribution >= 0.6 is 0 Å². The van der Waals surface area contributed by atoms with Crippen LogP contribution in [0.2, 0.25) is 0 Å². The Bertz CT molecular complexity index is 871. The highest BCUT2D eigenvalue weighted by Gasteiger charge is 2.49. The molecule has 2 aliphatic rings. The molecule has 0 atom stereocenters. The van der Waals surface area contributed by atoms with Crippen molar-refractivity contribution < 1.29 is 14.7 Å². The largest absolute Gasteiger partial charge is 0.509 e. The molecular formula is C19H18N2O3. The van der Waals surface area contributed by atoms with Gasteiger partial charge in [0.25, 0.3) is 0 Å². The van der Waals surface area contributed by atoms with Gasteiger partial charge in [-0.25, -0.2) is 0 Å². The van der Waals surface area contributed by atoms with Crippen LogP contribution in [0.15, 0.2) is 48.0 Å². The van der Waals surface area contributed by atoms with Gasteiger partial charge in [-0.15, -0.1) is 0 Å². The van der Waals surface area contributed by atoms with Gasteiger partial charge in [0.15, 0.2) is 5.78 Å². The van der Waals surface area contributed by atoms with E-state index in [9.17, 15) is 14.7 Å². The van der Waals surface area contributed by atoms with Crippen molar-refractivity contribution in [2.75, 3.05) is 0 Å². The smallest absolute Gasteiger partial charge is 0.216 e. The molecule has 0 bridgehead atoms. The molecule has 1 N–H and O–H groups in total. The third-order valence-electron chi connectivity index (χ3n) is 5.19. The van der Waals surface area contributed by atoms with Crippen LogP contribution in [0.3, 0.4) is 0 Å². The van der Waals surface area contributed by atoms with Crippen LogP contribution in [0.5, 0.6) is 0 Å². The van der Waals surface area contributed by atoms with E-state index in [1.165, 1.54) is 6.92 Å². The fourth-order valence-corrected chi connectivity index (χ4v) is 4.14. The molecule has 3 heterocycles. The highest BCUT2D eigenvalue weighted by atomic mass is 16.3. The molecule has 5 heteroatoms. The summed E-state index contributed by atoms with van der Waals surface area (Å²) >= 11 is 0. The second-order valence-corrected chi connectivity index (χ2v) is 6.53. The summed E-state index contributed by atoms with van der Waals surface area (Å²) in [6, 6.07) is 7.41. The first-order valence-electron chi connectivity index (χ1n) is 8.18. The molecule has 0 saturated heterocycles. The van der Waals surface area contributed by atoms with E-state index in [-0.39, 0.29) is 17.1 Å².